The predicted molar refractivity (Wildman–Crippen MR) is 293 cm³/mol. The van der Waals surface area contributed by atoms with Crippen molar-refractivity contribution in [2.75, 3.05) is 81.8 Å². The van der Waals surface area contributed by atoms with Crippen molar-refractivity contribution in [1.29, 1.82) is 0 Å². The van der Waals surface area contributed by atoms with Crippen LogP contribution >= 0.6 is 34.7 Å². The first-order valence-electron chi connectivity index (χ1n) is 26.4. The number of benzene rings is 2. The molecule has 4 aliphatic rings. The van der Waals surface area contributed by atoms with E-state index in [-0.39, 0.29) is 60.6 Å². The zero-order chi connectivity index (χ0) is 53.0. The minimum atomic E-state index is -0.854. The minimum Gasteiger partial charge on any atom is -0.391 e. The maximum atomic E-state index is 14.4. The van der Waals surface area contributed by atoms with E-state index in [1.54, 1.807) is 28.4 Å². The van der Waals surface area contributed by atoms with Crippen molar-refractivity contribution in [2.45, 2.75) is 114 Å². The summed E-state index contributed by atoms with van der Waals surface area (Å²) in [5, 5.41) is 34.1. The average molecular weight is 1080 g/mol. The van der Waals surface area contributed by atoms with Gasteiger partial charge in [0, 0.05) is 88.9 Å². The Morgan fingerprint density at radius 2 is 1.71 bits per heavy atom. The molecule has 9 rings (SSSR count). The Morgan fingerprint density at radius 1 is 0.973 bits per heavy atom. The number of aliphatic hydroxyl groups is 2. The molecule has 18 nitrogen and oxygen atoms in total. The van der Waals surface area contributed by atoms with Crippen molar-refractivity contribution in [1.82, 2.24) is 50.0 Å². The maximum Gasteiger partial charge on any atom is 0.248 e. The lowest BCUT2D eigenvalue weighted by Crippen LogP contribution is -2.52. The molecule has 4 aliphatic heterocycles. The van der Waals surface area contributed by atoms with Gasteiger partial charge in [-0.05, 0) is 87.1 Å². The van der Waals surface area contributed by atoms with Gasteiger partial charge in [-0.2, -0.15) is 0 Å². The number of piperazine rings is 1. The number of carbonyl (C=O) groups excluding carboxylic acids is 3. The summed E-state index contributed by atoms with van der Waals surface area (Å²) in [6, 6.07) is 12.3. The second-order valence-electron chi connectivity index (χ2n) is 21.4. The third-order valence-corrected chi connectivity index (χ3v) is 18.2. The number of thiazole rings is 1. The van der Waals surface area contributed by atoms with Gasteiger partial charge in [0.1, 0.15) is 22.8 Å². The molecule has 4 fully saturated rings. The average Bonchev–Trinajstić information content (AvgIpc) is 4.17. The van der Waals surface area contributed by atoms with Gasteiger partial charge < -0.3 is 40.9 Å². The maximum absolute atomic E-state index is 14.4. The van der Waals surface area contributed by atoms with Crippen molar-refractivity contribution in [3.05, 3.63) is 88.0 Å². The summed E-state index contributed by atoms with van der Waals surface area (Å²) in [7, 11) is 0. The fourth-order valence-electron chi connectivity index (χ4n) is 11.1. The van der Waals surface area contributed by atoms with Crippen LogP contribution < -0.4 is 20.9 Å². The Morgan fingerprint density at radius 3 is 2.35 bits per heavy atom. The molecule has 75 heavy (non-hydrogen) atoms. The smallest absolute Gasteiger partial charge is 0.248 e. The Kier molecular flexibility index (Phi) is 17.4. The summed E-state index contributed by atoms with van der Waals surface area (Å²) < 4.78 is 1.56. The quantitative estimate of drug-likeness (QED) is 0.0824. The van der Waals surface area contributed by atoms with Gasteiger partial charge in [-0.3, -0.25) is 19.3 Å². The number of anilines is 2. The van der Waals surface area contributed by atoms with Crippen LogP contribution in [0.3, 0.4) is 0 Å². The summed E-state index contributed by atoms with van der Waals surface area (Å²) in [6.45, 7) is 16.8. The van der Waals surface area contributed by atoms with Gasteiger partial charge in [-0.1, -0.05) is 79.7 Å². The number of nitrogens with two attached hydrogens (primary N) is 1. The number of halogens is 1. The molecular formula is C54H72ClN13O5S2. The first-order chi connectivity index (χ1) is 36.1. The van der Waals surface area contributed by atoms with E-state index in [1.165, 1.54) is 16.7 Å². The van der Waals surface area contributed by atoms with Crippen LogP contribution in [0, 0.1) is 31.1 Å². The number of hydrogen-bond acceptors (Lipinski definition) is 16. The number of likely N-dealkylation sites (tertiary alicyclic amines) is 1. The molecule has 0 spiro atoms. The number of nitrogens with zero attached hydrogens (tertiary/aromatic N) is 11. The van der Waals surface area contributed by atoms with Gasteiger partial charge in [-0.15, -0.1) is 16.4 Å². The molecule has 7 heterocycles. The molecule has 3 aromatic heterocycles. The summed E-state index contributed by atoms with van der Waals surface area (Å²) in [5.74, 6) is 0.125. The highest BCUT2D eigenvalue weighted by Gasteiger charge is 2.43. The molecule has 5 aromatic rings. The fourth-order valence-corrected chi connectivity index (χ4v) is 13.1. The predicted octanol–water partition coefficient (Wildman–Crippen LogP) is 6.14. The Labute approximate surface area is 453 Å². The SMILES string of the molecule is Cc1cn([C@H](C(=O)N2C[C@H](O)C[C@H]2C(=O)N[C@@H](CCN2CCN(C(=O)C3CCN(c4cccc(Sc5cnc(N6CCC(C)(CN)CC6)c(CO)n5)c4Cl)CC3)CC2)c2ccc(-c3scnc3C)cc2)C(C)C)nn1. The van der Waals surface area contributed by atoms with E-state index >= 15 is 0 Å². The van der Waals surface area contributed by atoms with Crippen LogP contribution in [0.4, 0.5) is 11.5 Å². The topological polar surface area (TPSA) is 215 Å². The number of aryl methyl sites for hydroxylation is 2. The van der Waals surface area contributed by atoms with Crippen LogP contribution in [-0.4, -0.2) is 157 Å². The molecule has 4 atom stereocenters. The number of β-amino-alcohol motifs (C(OH)–C–C–N with tert-alkyl or cyclic N) is 1. The van der Waals surface area contributed by atoms with E-state index in [2.05, 4.69) is 66.5 Å². The third kappa shape index (κ3) is 12.5. The minimum absolute atomic E-state index is 0.0568. The van der Waals surface area contributed by atoms with E-state index in [9.17, 15) is 24.6 Å². The Balaban J connectivity index is 0.792. The standard InChI is InChI=1S/C54H72ClN13O5S2/c1-34(2)48(68-29-35(3)61-62-68)53(73)67-30-40(70)27-44(67)51(71)60-41(37-9-11-38(12-10-37)49-36(4)58-33-74-49)15-18-63-23-25-66(26-24-63)52(72)39-13-19-64(20-14-39)43-7-6-8-45(47(43)55)75-46-28-57-50(42(31-69)59-46)65-21-16-54(5,32-56)17-22-65/h6-12,28-29,33-34,39-41,44,48,69-70H,13-27,30-32,56H2,1-5H3,(H,60,71)/t40-,41+,44+,48+/m1/s1. The van der Waals surface area contributed by atoms with Gasteiger partial charge in [0.2, 0.25) is 17.7 Å². The molecule has 0 saturated carbocycles. The van der Waals surface area contributed by atoms with Crippen molar-refractivity contribution in [2.24, 2.45) is 23.0 Å². The molecule has 402 valence electrons. The molecule has 5 N–H and O–H groups in total. The summed E-state index contributed by atoms with van der Waals surface area (Å²) >= 11 is 10.1. The van der Waals surface area contributed by atoms with E-state index in [1.807, 2.05) is 56.3 Å². The van der Waals surface area contributed by atoms with Crippen LogP contribution in [-0.2, 0) is 21.0 Å². The van der Waals surface area contributed by atoms with E-state index in [4.69, 9.17) is 27.3 Å². The van der Waals surface area contributed by atoms with Crippen molar-refractivity contribution < 1.29 is 24.6 Å². The second-order valence-corrected chi connectivity index (χ2v) is 23.7. The van der Waals surface area contributed by atoms with Crippen LogP contribution in [0.2, 0.25) is 5.02 Å². The molecule has 21 heteroatoms. The molecular weight excluding hydrogens is 1010 g/mol. The van der Waals surface area contributed by atoms with Crippen LogP contribution in [0.1, 0.15) is 94.0 Å². The first-order valence-corrected chi connectivity index (χ1v) is 28.5. The lowest BCUT2D eigenvalue weighted by Gasteiger charge is -2.39. The highest BCUT2D eigenvalue weighted by Crippen LogP contribution is 2.41. The van der Waals surface area contributed by atoms with Gasteiger partial charge in [0.25, 0.3) is 0 Å². The molecule has 0 radical (unpaired) electrons. The number of carbonyl (C=O) groups is 3. The summed E-state index contributed by atoms with van der Waals surface area (Å²) in [4.78, 5) is 68.9. The van der Waals surface area contributed by atoms with Gasteiger partial charge in [-0.25, -0.2) is 19.6 Å². The molecule has 3 amide bonds. The van der Waals surface area contributed by atoms with Gasteiger partial charge in [0.05, 0.1) is 57.4 Å². The number of piperidine rings is 2. The number of hydrogen-bond donors (Lipinski definition) is 4. The highest BCUT2D eigenvalue weighted by atomic mass is 35.5. The summed E-state index contributed by atoms with van der Waals surface area (Å²) in [6.07, 6.45) is 6.77. The molecule has 4 saturated heterocycles. The Hall–Kier alpha value is -5.22. The molecule has 0 bridgehead atoms. The van der Waals surface area contributed by atoms with Crippen LogP contribution in [0.5, 0.6) is 0 Å². The first kappa shape index (κ1) is 54.6. The zero-order valence-corrected chi connectivity index (χ0v) is 46.2. The molecule has 0 unspecified atom stereocenters. The molecule has 0 aliphatic carbocycles. The zero-order valence-electron chi connectivity index (χ0n) is 43.8. The van der Waals surface area contributed by atoms with Crippen molar-refractivity contribution >= 4 is 63.9 Å². The van der Waals surface area contributed by atoms with Gasteiger partial charge in [0.15, 0.2) is 5.82 Å². The monoisotopic (exact) mass is 1080 g/mol. The number of amides is 3. The van der Waals surface area contributed by atoms with Crippen LogP contribution in [0.25, 0.3) is 10.4 Å². The third-order valence-electron chi connectivity index (χ3n) is 15.8. The van der Waals surface area contributed by atoms with E-state index < -0.39 is 18.2 Å². The lowest BCUT2D eigenvalue weighted by molar-refractivity contribution is -0.142. The number of aromatic nitrogens is 6. The fraction of sp³-hybridized carbons (Fsp3) is 0.556. The van der Waals surface area contributed by atoms with Crippen molar-refractivity contribution in [3.8, 4) is 10.4 Å². The largest absolute Gasteiger partial charge is 0.391 e. The second kappa shape index (κ2) is 24.0. The summed E-state index contributed by atoms with van der Waals surface area (Å²) in [5.41, 5.74) is 13.1. The normalized spacial score (nSPS) is 20.5. The van der Waals surface area contributed by atoms with E-state index in [0.717, 1.165) is 76.9 Å². The highest BCUT2D eigenvalue weighted by molar-refractivity contribution is 7.99. The van der Waals surface area contributed by atoms with Crippen molar-refractivity contribution in [3.63, 3.8) is 0 Å². The number of nitrogens with one attached hydrogen (secondary N) is 1. The number of aliphatic hydroxyl groups excluding tert-OH is 2. The lowest BCUT2D eigenvalue weighted by atomic mass is 9.80. The van der Waals surface area contributed by atoms with Gasteiger partial charge >= 0.3 is 0 Å². The number of rotatable bonds is 17. The van der Waals surface area contributed by atoms with Crippen LogP contribution in [0.15, 0.2) is 70.3 Å². The Bertz CT molecular complexity index is 2770. The molecule has 2 aromatic carbocycles. The van der Waals surface area contributed by atoms with E-state index in [0.29, 0.717) is 80.2 Å².